The highest BCUT2D eigenvalue weighted by atomic mass is 32.1. The first kappa shape index (κ1) is 15.1. The summed E-state index contributed by atoms with van der Waals surface area (Å²) in [5.41, 5.74) is 10.7. The molecule has 0 aliphatic heterocycles. The van der Waals surface area contributed by atoms with Crippen LogP contribution in [0.3, 0.4) is 0 Å². The average Bonchev–Trinajstić information content (AvgIpc) is 2.90. The normalized spacial score (nSPS) is 10.4. The summed E-state index contributed by atoms with van der Waals surface area (Å²) >= 11 is 1.34. The summed E-state index contributed by atoms with van der Waals surface area (Å²) in [6.07, 6.45) is 0.598. The smallest absolute Gasteiger partial charge is 0.275 e. The molecule has 0 aliphatic rings. The fourth-order valence-electron chi connectivity index (χ4n) is 1.64. The Morgan fingerprint density at radius 3 is 2.81 bits per heavy atom. The van der Waals surface area contributed by atoms with Crippen LogP contribution in [-0.2, 0) is 6.42 Å². The minimum Gasteiger partial charge on any atom is -0.366 e. The molecule has 0 fully saturated rings. The molecule has 0 aliphatic carbocycles. The fraction of sp³-hybridized carbons (Fsp3) is 0.154. The number of carbonyl (C=O) groups is 2. The molecule has 1 aromatic carbocycles. The number of aromatic nitrogens is 1. The lowest BCUT2D eigenvalue weighted by atomic mass is 10.1. The summed E-state index contributed by atoms with van der Waals surface area (Å²) in [6, 6.07) is 3.59. The summed E-state index contributed by atoms with van der Waals surface area (Å²) in [5.74, 6) is -2.08. The van der Waals surface area contributed by atoms with E-state index in [-0.39, 0.29) is 16.9 Å². The van der Waals surface area contributed by atoms with Crippen LogP contribution in [0, 0.1) is 5.82 Å². The van der Waals surface area contributed by atoms with Crippen molar-refractivity contribution in [2.24, 2.45) is 11.5 Å². The molecule has 0 saturated heterocycles. The number of nitrogens with two attached hydrogens (primary N) is 2. The number of rotatable bonds is 5. The number of amides is 2. The first-order valence-corrected chi connectivity index (χ1v) is 6.94. The molecule has 0 spiro atoms. The van der Waals surface area contributed by atoms with E-state index in [0.29, 0.717) is 13.0 Å². The second-order valence-corrected chi connectivity index (χ2v) is 5.12. The van der Waals surface area contributed by atoms with Gasteiger partial charge in [0.1, 0.15) is 11.5 Å². The molecule has 1 heterocycles. The number of benzene rings is 1. The van der Waals surface area contributed by atoms with Gasteiger partial charge in [-0.25, -0.2) is 9.37 Å². The summed E-state index contributed by atoms with van der Waals surface area (Å²) < 4.78 is 13.3. The summed E-state index contributed by atoms with van der Waals surface area (Å²) in [7, 11) is 0. The Bertz CT molecular complexity index is 687. The minimum absolute atomic E-state index is 0.244. The van der Waals surface area contributed by atoms with E-state index in [1.165, 1.54) is 23.5 Å². The van der Waals surface area contributed by atoms with Crippen LogP contribution in [-0.4, -0.2) is 23.3 Å². The maximum atomic E-state index is 13.3. The SMILES string of the molecule is NCCc1nc(C(=O)Nc2ccc(F)c(C(N)=O)c2)cs1. The van der Waals surface area contributed by atoms with Gasteiger partial charge in [0.05, 0.1) is 10.6 Å². The van der Waals surface area contributed by atoms with Gasteiger partial charge in [-0.3, -0.25) is 9.59 Å². The van der Waals surface area contributed by atoms with Gasteiger partial charge in [-0.1, -0.05) is 0 Å². The zero-order valence-electron chi connectivity index (χ0n) is 10.9. The van der Waals surface area contributed by atoms with Crippen LogP contribution < -0.4 is 16.8 Å². The lowest BCUT2D eigenvalue weighted by molar-refractivity contribution is 0.0992. The van der Waals surface area contributed by atoms with Gasteiger partial charge in [-0.2, -0.15) is 0 Å². The molecule has 0 saturated carbocycles. The Hall–Kier alpha value is -2.32. The molecule has 110 valence electrons. The van der Waals surface area contributed by atoms with Gasteiger partial charge < -0.3 is 16.8 Å². The van der Waals surface area contributed by atoms with E-state index in [9.17, 15) is 14.0 Å². The van der Waals surface area contributed by atoms with Crippen molar-refractivity contribution in [1.82, 2.24) is 4.98 Å². The third-order valence-corrected chi connectivity index (χ3v) is 3.54. The van der Waals surface area contributed by atoms with E-state index in [1.807, 2.05) is 0 Å². The third-order valence-electron chi connectivity index (χ3n) is 2.63. The Labute approximate surface area is 124 Å². The second kappa shape index (κ2) is 6.42. The number of halogens is 1. The third kappa shape index (κ3) is 3.61. The molecule has 0 atom stereocenters. The van der Waals surface area contributed by atoms with E-state index < -0.39 is 17.6 Å². The van der Waals surface area contributed by atoms with Gasteiger partial charge in [-0.15, -0.1) is 11.3 Å². The van der Waals surface area contributed by atoms with E-state index in [4.69, 9.17) is 11.5 Å². The van der Waals surface area contributed by atoms with E-state index in [2.05, 4.69) is 10.3 Å². The molecule has 21 heavy (non-hydrogen) atoms. The van der Waals surface area contributed by atoms with Crippen LogP contribution in [0.25, 0.3) is 0 Å². The van der Waals surface area contributed by atoms with Crippen molar-refractivity contribution in [3.63, 3.8) is 0 Å². The number of hydrogen-bond donors (Lipinski definition) is 3. The zero-order chi connectivity index (χ0) is 15.4. The quantitative estimate of drug-likeness (QED) is 0.769. The molecule has 1 aromatic heterocycles. The predicted octanol–water partition coefficient (Wildman–Crippen LogP) is 1.13. The highest BCUT2D eigenvalue weighted by Gasteiger charge is 2.13. The molecule has 6 nitrogen and oxygen atoms in total. The summed E-state index contributed by atoms with van der Waals surface area (Å²) in [4.78, 5) is 27.2. The fourth-order valence-corrected chi connectivity index (χ4v) is 2.43. The summed E-state index contributed by atoms with van der Waals surface area (Å²) in [5, 5.41) is 4.91. The predicted molar refractivity (Wildman–Crippen MR) is 77.7 cm³/mol. The Balaban J connectivity index is 2.15. The van der Waals surface area contributed by atoms with Crippen molar-refractivity contribution in [3.8, 4) is 0 Å². The Morgan fingerprint density at radius 2 is 2.14 bits per heavy atom. The molecular formula is C13H13FN4O2S. The van der Waals surface area contributed by atoms with Gasteiger partial charge in [0.2, 0.25) is 0 Å². The Kier molecular flexibility index (Phi) is 4.61. The highest BCUT2D eigenvalue weighted by Crippen LogP contribution is 2.16. The molecule has 0 bridgehead atoms. The van der Waals surface area contributed by atoms with E-state index in [1.54, 1.807) is 5.38 Å². The second-order valence-electron chi connectivity index (χ2n) is 4.18. The van der Waals surface area contributed by atoms with Gasteiger partial charge in [0.25, 0.3) is 11.8 Å². The molecule has 2 aromatic rings. The van der Waals surface area contributed by atoms with Crippen LogP contribution in [0.15, 0.2) is 23.6 Å². The number of thiazole rings is 1. The first-order chi connectivity index (χ1) is 10.0. The van der Waals surface area contributed by atoms with Crippen molar-refractivity contribution in [1.29, 1.82) is 0 Å². The average molecular weight is 308 g/mol. The van der Waals surface area contributed by atoms with Crippen LogP contribution in [0.2, 0.25) is 0 Å². The topological polar surface area (TPSA) is 111 Å². The number of nitrogens with zero attached hydrogens (tertiary/aromatic N) is 1. The maximum absolute atomic E-state index is 13.3. The van der Waals surface area contributed by atoms with Crippen LogP contribution in [0.4, 0.5) is 10.1 Å². The highest BCUT2D eigenvalue weighted by molar-refractivity contribution is 7.09. The minimum atomic E-state index is -0.900. The molecular weight excluding hydrogens is 295 g/mol. The van der Waals surface area contributed by atoms with Crippen molar-refractivity contribution in [2.75, 3.05) is 11.9 Å². The van der Waals surface area contributed by atoms with Crippen molar-refractivity contribution in [2.45, 2.75) is 6.42 Å². The van der Waals surface area contributed by atoms with Crippen LogP contribution in [0.1, 0.15) is 25.9 Å². The monoisotopic (exact) mass is 308 g/mol. The first-order valence-electron chi connectivity index (χ1n) is 6.06. The van der Waals surface area contributed by atoms with Gasteiger partial charge in [0, 0.05) is 17.5 Å². The van der Waals surface area contributed by atoms with Crippen molar-refractivity contribution < 1.29 is 14.0 Å². The van der Waals surface area contributed by atoms with E-state index >= 15 is 0 Å². The Morgan fingerprint density at radius 1 is 1.38 bits per heavy atom. The molecule has 5 N–H and O–H groups in total. The maximum Gasteiger partial charge on any atom is 0.275 e. The van der Waals surface area contributed by atoms with Crippen LogP contribution in [0.5, 0.6) is 0 Å². The molecule has 8 heteroatoms. The van der Waals surface area contributed by atoms with Crippen molar-refractivity contribution >= 4 is 28.8 Å². The van der Waals surface area contributed by atoms with Crippen LogP contribution >= 0.6 is 11.3 Å². The molecule has 2 amide bonds. The zero-order valence-corrected chi connectivity index (χ0v) is 11.7. The van der Waals surface area contributed by atoms with Gasteiger partial charge >= 0.3 is 0 Å². The van der Waals surface area contributed by atoms with Crippen molar-refractivity contribution in [3.05, 3.63) is 45.7 Å². The number of anilines is 1. The summed E-state index contributed by atoms with van der Waals surface area (Å²) in [6.45, 7) is 0.453. The number of hydrogen-bond acceptors (Lipinski definition) is 5. The molecule has 2 rings (SSSR count). The van der Waals surface area contributed by atoms with Gasteiger partial charge in [-0.05, 0) is 24.7 Å². The molecule has 0 radical (unpaired) electrons. The van der Waals surface area contributed by atoms with Gasteiger partial charge in [0.15, 0.2) is 0 Å². The molecule has 0 unspecified atom stereocenters. The lowest BCUT2D eigenvalue weighted by Crippen LogP contribution is -2.16. The lowest BCUT2D eigenvalue weighted by Gasteiger charge is -2.05. The largest absolute Gasteiger partial charge is 0.366 e. The standard InChI is InChI=1S/C13H13FN4O2S/c14-9-2-1-7(5-8(9)12(16)19)17-13(20)10-6-21-11(18-10)3-4-15/h1-2,5-6H,3-4,15H2,(H2,16,19)(H,17,20). The van der Waals surface area contributed by atoms with E-state index in [0.717, 1.165) is 11.1 Å². The number of primary amides is 1. The number of carbonyl (C=O) groups excluding carboxylic acids is 2. The number of nitrogens with one attached hydrogen (secondary N) is 1.